The number of hydrogen-bond donors (Lipinski definition) is 5. The monoisotopic (exact) mass is 598 g/mol. The number of allylic oxidation sites excluding steroid dienone is 1. The number of aliphatic hydroxyl groups is 1. The highest BCUT2D eigenvalue weighted by Gasteiger charge is 2.34. The number of carbonyl (C=O) groups is 2. The molecule has 2 aromatic rings. The van der Waals surface area contributed by atoms with Crippen LogP contribution in [0, 0.1) is 5.92 Å². The van der Waals surface area contributed by atoms with E-state index in [1.54, 1.807) is 44.2 Å². The predicted octanol–water partition coefficient (Wildman–Crippen LogP) is 3.41. The number of nitrogens with zero attached hydrogens (tertiary/aromatic N) is 1. The summed E-state index contributed by atoms with van der Waals surface area (Å²) in [4.78, 5) is 23.8. The predicted molar refractivity (Wildman–Crippen MR) is 146 cm³/mol. The van der Waals surface area contributed by atoms with Crippen molar-refractivity contribution in [2.24, 2.45) is 5.92 Å². The summed E-state index contributed by atoms with van der Waals surface area (Å²) in [6.45, 7) is 2.99. The van der Waals surface area contributed by atoms with Crippen molar-refractivity contribution >= 4 is 33.3 Å². The van der Waals surface area contributed by atoms with Crippen molar-refractivity contribution in [3.8, 4) is 0 Å². The van der Waals surface area contributed by atoms with Crippen LogP contribution in [0.1, 0.15) is 31.9 Å². The van der Waals surface area contributed by atoms with Gasteiger partial charge in [-0.2, -0.15) is 17.5 Å². The average molecular weight is 599 g/mol. The number of alkyl halides is 3. The molecule has 0 spiro atoms. The van der Waals surface area contributed by atoms with Gasteiger partial charge in [0.25, 0.3) is 5.91 Å². The minimum atomic E-state index is -4.53. The fraction of sp³-hybridized carbons (Fsp3) is 0.407. The zero-order chi connectivity index (χ0) is 30.5. The van der Waals surface area contributed by atoms with Crippen molar-refractivity contribution in [1.82, 2.24) is 14.9 Å². The van der Waals surface area contributed by atoms with E-state index >= 15 is 0 Å². The van der Waals surface area contributed by atoms with Crippen LogP contribution in [0.25, 0.3) is 5.57 Å². The van der Waals surface area contributed by atoms with E-state index in [2.05, 4.69) is 16.0 Å². The molecule has 0 aliphatic carbocycles. The summed E-state index contributed by atoms with van der Waals surface area (Å²) in [6, 6.07) is 11.6. The second kappa shape index (κ2) is 12.9. The van der Waals surface area contributed by atoms with Gasteiger partial charge >= 0.3 is 12.3 Å². The average Bonchev–Trinajstić information content (AvgIpc) is 3.21. The van der Waals surface area contributed by atoms with Crippen molar-refractivity contribution in [3.63, 3.8) is 0 Å². The molecule has 41 heavy (non-hydrogen) atoms. The Bertz CT molecular complexity index is 1400. The Morgan fingerprint density at radius 1 is 1.10 bits per heavy atom. The molecule has 2 atom stereocenters. The first-order valence-corrected chi connectivity index (χ1v) is 14.2. The number of anilines is 1. The molecule has 5 N–H and O–H groups in total. The van der Waals surface area contributed by atoms with Crippen LogP contribution in [-0.2, 0) is 21.2 Å². The van der Waals surface area contributed by atoms with Crippen LogP contribution in [0.4, 0.5) is 23.7 Å². The van der Waals surface area contributed by atoms with E-state index in [-0.39, 0.29) is 46.3 Å². The summed E-state index contributed by atoms with van der Waals surface area (Å²) in [5.41, 5.74) is 0.883. The fourth-order valence-electron chi connectivity index (χ4n) is 4.47. The van der Waals surface area contributed by atoms with Gasteiger partial charge in [-0.05, 0) is 43.0 Å². The summed E-state index contributed by atoms with van der Waals surface area (Å²) < 4.78 is 66.9. The third kappa shape index (κ3) is 8.44. The molecule has 1 aliphatic heterocycles. The van der Waals surface area contributed by atoms with Crippen molar-refractivity contribution in [2.75, 3.05) is 25.0 Å². The van der Waals surface area contributed by atoms with Gasteiger partial charge < -0.3 is 26.2 Å². The molecule has 0 aromatic heterocycles. The molecule has 10 nitrogen and oxygen atoms in total. The summed E-state index contributed by atoms with van der Waals surface area (Å²) in [5, 5.41) is 27.3. The van der Waals surface area contributed by atoms with Crippen molar-refractivity contribution in [3.05, 3.63) is 65.4 Å². The first-order chi connectivity index (χ1) is 19.1. The molecule has 1 aliphatic rings. The van der Waals surface area contributed by atoms with Gasteiger partial charge in [-0.15, -0.1) is 0 Å². The minimum absolute atomic E-state index is 0.0202. The first kappa shape index (κ1) is 31.9. The Labute approximate surface area is 236 Å². The minimum Gasteiger partial charge on any atom is -0.465 e. The molecule has 2 unspecified atom stereocenters. The van der Waals surface area contributed by atoms with Gasteiger partial charge in [0, 0.05) is 30.0 Å². The van der Waals surface area contributed by atoms with Gasteiger partial charge in [-0.1, -0.05) is 44.2 Å². The molecule has 3 rings (SSSR count). The lowest BCUT2D eigenvalue weighted by Gasteiger charge is -2.30. The number of fused-ring (bicyclic) bond motifs is 1. The lowest BCUT2D eigenvalue weighted by molar-refractivity contribution is -0.123. The molecular formula is C27H33F3N4O6S. The molecular weight excluding hydrogens is 565 g/mol. The number of amides is 2. The van der Waals surface area contributed by atoms with Gasteiger partial charge in [-0.25, -0.2) is 13.2 Å². The lowest BCUT2D eigenvalue weighted by Crippen LogP contribution is -2.50. The third-order valence-electron chi connectivity index (χ3n) is 6.33. The van der Waals surface area contributed by atoms with Crippen LogP contribution >= 0.6 is 0 Å². The summed E-state index contributed by atoms with van der Waals surface area (Å²) >= 11 is 0. The number of carboxylic acid groups (broad SMARTS) is 1. The third-order valence-corrected chi connectivity index (χ3v) is 8.16. The molecule has 0 saturated heterocycles. The van der Waals surface area contributed by atoms with Crippen LogP contribution in [0.15, 0.2) is 59.1 Å². The SMILES string of the molecule is CC(NCC(F)(F)F)=C1C(=O)Nc2ccc(S(=O)(=O)N(CC(C)C)CC(O)C(Cc3ccccc3)NC(=O)O)cc21. The highest BCUT2D eigenvalue weighted by atomic mass is 32.2. The van der Waals surface area contributed by atoms with E-state index in [0.29, 0.717) is 0 Å². The fourth-order valence-corrected chi connectivity index (χ4v) is 6.12. The quantitative estimate of drug-likeness (QED) is 0.235. The largest absolute Gasteiger partial charge is 0.465 e. The number of rotatable bonds is 12. The summed E-state index contributed by atoms with van der Waals surface area (Å²) in [6.07, 6.45) is -7.24. The van der Waals surface area contributed by atoms with Crippen LogP contribution < -0.4 is 16.0 Å². The van der Waals surface area contributed by atoms with Crippen molar-refractivity contribution in [2.45, 2.75) is 50.4 Å². The van der Waals surface area contributed by atoms with Crippen molar-refractivity contribution in [1.29, 1.82) is 0 Å². The molecule has 2 amide bonds. The van der Waals surface area contributed by atoms with Crippen molar-refractivity contribution < 1.29 is 41.4 Å². The highest BCUT2D eigenvalue weighted by molar-refractivity contribution is 7.89. The normalized spacial score (nSPS) is 16.3. The number of hydrogen-bond acceptors (Lipinski definition) is 6. The Hall–Kier alpha value is -3.62. The number of nitrogens with one attached hydrogen (secondary N) is 3. The van der Waals surface area contributed by atoms with Crippen LogP contribution in [0.2, 0.25) is 0 Å². The maximum absolute atomic E-state index is 13.8. The second-order valence-electron chi connectivity index (χ2n) is 10.2. The Morgan fingerprint density at radius 3 is 2.34 bits per heavy atom. The number of aliphatic hydroxyl groups excluding tert-OH is 1. The number of sulfonamides is 1. The van der Waals surface area contributed by atoms with Crippen LogP contribution in [0.5, 0.6) is 0 Å². The number of benzene rings is 2. The summed E-state index contributed by atoms with van der Waals surface area (Å²) in [7, 11) is -4.31. The van der Waals surface area contributed by atoms with E-state index in [9.17, 15) is 41.4 Å². The summed E-state index contributed by atoms with van der Waals surface area (Å²) in [5.74, 6) is -0.862. The van der Waals surface area contributed by atoms with Crippen LogP contribution in [0.3, 0.4) is 0 Å². The Morgan fingerprint density at radius 2 is 1.76 bits per heavy atom. The van der Waals surface area contributed by atoms with E-state index in [1.165, 1.54) is 25.1 Å². The lowest BCUT2D eigenvalue weighted by atomic mass is 10.0. The maximum Gasteiger partial charge on any atom is 0.405 e. The van der Waals surface area contributed by atoms with Gasteiger partial charge in [0.05, 0.1) is 22.6 Å². The second-order valence-corrected chi connectivity index (χ2v) is 12.1. The first-order valence-electron chi connectivity index (χ1n) is 12.8. The molecule has 2 aromatic carbocycles. The smallest absolute Gasteiger partial charge is 0.405 e. The Kier molecular flexibility index (Phi) is 10.0. The van der Waals surface area contributed by atoms with E-state index in [1.807, 2.05) is 0 Å². The molecule has 0 bridgehead atoms. The van der Waals surface area contributed by atoms with E-state index in [4.69, 9.17) is 0 Å². The molecule has 224 valence electrons. The van der Waals surface area contributed by atoms with E-state index < -0.39 is 53.4 Å². The van der Waals surface area contributed by atoms with Gasteiger partial charge in [0.1, 0.15) is 6.54 Å². The van der Waals surface area contributed by atoms with Crippen LogP contribution in [-0.4, -0.2) is 72.9 Å². The number of halogens is 3. The standard InChI is InChI=1S/C27H33F3N4O6S/c1-16(2)13-34(14-23(35)22(33-26(37)38)11-18-7-5-4-6-8-18)41(39,40)19-9-10-21-20(12-19)24(25(36)32-21)17(3)31-15-27(28,29)30/h4-10,12,16,22-23,31,33,35H,11,13-15H2,1-3H3,(H,32,36)(H,37,38). The molecule has 0 saturated carbocycles. The molecule has 0 radical (unpaired) electrons. The van der Waals surface area contributed by atoms with Gasteiger partial charge in [-0.3, -0.25) is 4.79 Å². The molecule has 0 fully saturated rings. The number of carbonyl (C=O) groups excluding carboxylic acids is 1. The molecule has 14 heteroatoms. The zero-order valence-corrected chi connectivity index (χ0v) is 23.5. The van der Waals surface area contributed by atoms with E-state index in [0.717, 1.165) is 9.87 Å². The maximum atomic E-state index is 13.8. The molecule has 1 heterocycles. The highest BCUT2D eigenvalue weighted by Crippen LogP contribution is 2.36. The zero-order valence-electron chi connectivity index (χ0n) is 22.7. The van der Waals surface area contributed by atoms with Gasteiger partial charge in [0.15, 0.2) is 0 Å². The Balaban J connectivity index is 1.94. The van der Waals surface area contributed by atoms with Gasteiger partial charge in [0.2, 0.25) is 10.0 Å². The topological polar surface area (TPSA) is 148 Å².